The summed E-state index contributed by atoms with van der Waals surface area (Å²) < 4.78 is 7.66. The lowest BCUT2D eigenvalue weighted by Gasteiger charge is -2.22. The number of fused-ring (bicyclic) bond motifs is 3. The number of hydrogen-bond donors (Lipinski definition) is 2. The van der Waals surface area contributed by atoms with Gasteiger partial charge >= 0.3 is 0 Å². The van der Waals surface area contributed by atoms with E-state index in [4.69, 9.17) is 4.74 Å². The second kappa shape index (κ2) is 4.75. The molecule has 1 fully saturated rings. The van der Waals surface area contributed by atoms with Crippen molar-refractivity contribution in [3.63, 3.8) is 0 Å². The van der Waals surface area contributed by atoms with Crippen LogP contribution in [0.4, 0.5) is 0 Å². The van der Waals surface area contributed by atoms with Crippen LogP contribution in [-0.2, 0) is 13.0 Å². The largest absolute Gasteiger partial charge is 0.491 e. The Bertz CT molecular complexity index is 631. The molecule has 0 saturated carbocycles. The Kier molecular flexibility index (Phi) is 2.89. The van der Waals surface area contributed by atoms with E-state index in [0.717, 1.165) is 35.3 Å². The molecule has 5 nitrogen and oxygen atoms in total. The summed E-state index contributed by atoms with van der Waals surface area (Å²) >= 11 is 0. The van der Waals surface area contributed by atoms with Crippen LogP contribution in [0.5, 0.6) is 5.75 Å². The van der Waals surface area contributed by atoms with Crippen LogP contribution in [-0.4, -0.2) is 40.2 Å². The third-order valence-corrected chi connectivity index (χ3v) is 4.32. The van der Waals surface area contributed by atoms with Crippen molar-refractivity contribution in [2.75, 3.05) is 13.2 Å². The molecule has 0 bridgehead atoms. The number of ether oxygens (including phenoxy) is 1. The zero-order valence-corrected chi connectivity index (χ0v) is 11.4. The Hall–Kier alpha value is -1.59. The van der Waals surface area contributed by atoms with Gasteiger partial charge in [-0.1, -0.05) is 0 Å². The highest BCUT2D eigenvalue weighted by molar-refractivity contribution is 5.85. The first-order valence-corrected chi connectivity index (χ1v) is 7.33. The molecular weight excluding hydrogens is 254 g/mol. The van der Waals surface area contributed by atoms with E-state index in [1.807, 2.05) is 12.3 Å². The predicted molar refractivity (Wildman–Crippen MR) is 76.0 cm³/mol. The lowest BCUT2D eigenvalue weighted by atomic mass is 10.0. The summed E-state index contributed by atoms with van der Waals surface area (Å²) in [4.78, 5) is 0. The smallest absolute Gasteiger partial charge is 0.123 e. The van der Waals surface area contributed by atoms with E-state index in [2.05, 4.69) is 21.2 Å². The van der Waals surface area contributed by atoms with E-state index in [1.165, 1.54) is 12.8 Å². The molecule has 0 amide bonds. The Morgan fingerprint density at radius 2 is 2.40 bits per heavy atom. The van der Waals surface area contributed by atoms with E-state index < -0.39 is 6.10 Å². The van der Waals surface area contributed by atoms with Crippen LogP contribution in [0.25, 0.3) is 10.9 Å². The van der Waals surface area contributed by atoms with Gasteiger partial charge in [-0.3, -0.25) is 4.68 Å². The summed E-state index contributed by atoms with van der Waals surface area (Å²) in [6.45, 7) is 2.41. The van der Waals surface area contributed by atoms with Crippen molar-refractivity contribution in [1.82, 2.24) is 15.1 Å². The maximum absolute atomic E-state index is 9.79. The van der Waals surface area contributed by atoms with Gasteiger partial charge in [0.05, 0.1) is 24.4 Å². The van der Waals surface area contributed by atoms with Gasteiger partial charge in [-0.15, -0.1) is 0 Å². The molecule has 5 heteroatoms. The van der Waals surface area contributed by atoms with Crippen molar-refractivity contribution >= 4 is 10.9 Å². The number of aromatic nitrogens is 2. The van der Waals surface area contributed by atoms with Crippen LogP contribution in [0.3, 0.4) is 0 Å². The maximum Gasteiger partial charge on any atom is 0.123 e. The number of hydrogen-bond acceptors (Lipinski definition) is 4. The standard InChI is InChI=1S/C15H19N3O2/c19-11-6-12-13-7-17-18(8-10-2-1-5-16-10)14(13)3-4-15(12)20-9-11/h3-4,7,10-11,16,19H,1-2,5-6,8-9H2. The fraction of sp³-hybridized carbons (Fsp3) is 0.533. The summed E-state index contributed by atoms with van der Waals surface area (Å²) in [6, 6.07) is 4.61. The first-order valence-electron chi connectivity index (χ1n) is 7.33. The molecule has 2 N–H and O–H groups in total. The fourth-order valence-corrected chi connectivity index (χ4v) is 3.28. The molecule has 0 radical (unpaired) electrons. The molecule has 1 saturated heterocycles. The lowest BCUT2D eigenvalue weighted by molar-refractivity contribution is 0.0927. The molecule has 4 rings (SSSR count). The van der Waals surface area contributed by atoms with Crippen LogP contribution >= 0.6 is 0 Å². The highest BCUT2D eigenvalue weighted by Crippen LogP contribution is 2.32. The third kappa shape index (κ3) is 1.98. The average molecular weight is 273 g/mol. The highest BCUT2D eigenvalue weighted by Gasteiger charge is 2.22. The van der Waals surface area contributed by atoms with E-state index in [9.17, 15) is 5.11 Å². The number of nitrogens with one attached hydrogen (secondary N) is 1. The Morgan fingerprint density at radius 1 is 1.45 bits per heavy atom. The fourth-order valence-electron chi connectivity index (χ4n) is 3.28. The number of benzene rings is 1. The molecule has 0 spiro atoms. The van der Waals surface area contributed by atoms with Crippen molar-refractivity contribution in [3.8, 4) is 5.75 Å². The van der Waals surface area contributed by atoms with Gasteiger partial charge in [-0.2, -0.15) is 5.10 Å². The van der Waals surface area contributed by atoms with E-state index in [1.54, 1.807) is 0 Å². The predicted octanol–water partition coefficient (Wildman–Crippen LogP) is 1.08. The van der Waals surface area contributed by atoms with Gasteiger partial charge in [0.25, 0.3) is 0 Å². The van der Waals surface area contributed by atoms with Crippen molar-refractivity contribution < 1.29 is 9.84 Å². The van der Waals surface area contributed by atoms with E-state index in [0.29, 0.717) is 19.1 Å². The molecule has 20 heavy (non-hydrogen) atoms. The summed E-state index contributed by atoms with van der Waals surface area (Å²) in [5.41, 5.74) is 2.22. The van der Waals surface area contributed by atoms with Gasteiger partial charge < -0.3 is 15.2 Å². The van der Waals surface area contributed by atoms with Crippen LogP contribution in [0.15, 0.2) is 18.3 Å². The van der Waals surface area contributed by atoms with Gasteiger partial charge in [-0.25, -0.2) is 0 Å². The molecule has 2 aliphatic rings. The number of nitrogens with zero attached hydrogens (tertiary/aromatic N) is 2. The quantitative estimate of drug-likeness (QED) is 0.860. The van der Waals surface area contributed by atoms with E-state index in [-0.39, 0.29) is 0 Å². The van der Waals surface area contributed by atoms with Crippen molar-refractivity contribution in [2.45, 2.75) is 38.0 Å². The normalized spacial score (nSPS) is 25.6. The van der Waals surface area contributed by atoms with Crippen LogP contribution in [0, 0.1) is 0 Å². The molecule has 3 heterocycles. The summed E-state index contributed by atoms with van der Waals surface area (Å²) in [6.07, 6.45) is 4.62. The second-order valence-electron chi connectivity index (χ2n) is 5.76. The molecular formula is C15H19N3O2. The maximum atomic E-state index is 9.79. The van der Waals surface area contributed by atoms with Crippen LogP contribution in [0.2, 0.25) is 0 Å². The van der Waals surface area contributed by atoms with E-state index >= 15 is 0 Å². The molecule has 106 valence electrons. The van der Waals surface area contributed by atoms with Gasteiger partial charge in [0, 0.05) is 23.4 Å². The summed E-state index contributed by atoms with van der Waals surface area (Å²) in [5, 5.41) is 18.9. The molecule has 2 aliphatic heterocycles. The first kappa shape index (κ1) is 12.2. The SMILES string of the molecule is OC1COc2ccc3c(cnn3CC3CCCN3)c2C1. The second-order valence-corrected chi connectivity index (χ2v) is 5.76. The number of aliphatic hydroxyl groups excluding tert-OH is 1. The molecule has 0 aliphatic carbocycles. The van der Waals surface area contributed by atoms with Gasteiger partial charge in [0.1, 0.15) is 12.4 Å². The molecule has 2 atom stereocenters. The van der Waals surface area contributed by atoms with Crippen LogP contribution < -0.4 is 10.1 Å². The summed E-state index contributed by atoms with van der Waals surface area (Å²) in [7, 11) is 0. The zero-order valence-electron chi connectivity index (χ0n) is 11.4. The Balaban J connectivity index is 1.72. The Morgan fingerprint density at radius 3 is 3.25 bits per heavy atom. The topological polar surface area (TPSA) is 59.3 Å². The average Bonchev–Trinajstić information content (AvgIpc) is 3.09. The summed E-state index contributed by atoms with van der Waals surface area (Å²) in [5.74, 6) is 0.890. The number of aliphatic hydroxyl groups is 1. The minimum Gasteiger partial charge on any atom is -0.491 e. The zero-order chi connectivity index (χ0) is 13.5. The first-order chi connectivity index (χ1) is 9.81. The van der Waals surface area contributed by atoms with Crippen molar-refractivity contribution in [3.05, 3.63) is 23.9 Å². The molecule has 2 unspecified atom stereocenters. The molecule has 1 aromatic carbocycles. The highest BCUT2D eigenvalue weighted by atomic mass is 16.5. The molecule has 2 aromatic rings. The minimum atomic E-state index is -0.409. The van der Waals surface area contributed by atoms with Crippen molar-refractivity contribution in [1.29, 1.82) is 0 Å². The third-order valence-electron chi connectivity index (χ3n) is 4.32. The minimum absolute atomic E-state index is 0.388. The Labute approximate surface area is 117 Å². The van der Waals surface area contributed by atoms with Crippen molar-refractivity contribution in [2.24, 2.45) is 0 Å². The van der Waals surface area contributed by atoms with Gasteiger partial charge in [0.15, 0.2) is 0 Å². The monoisotopic (exact) mass is 273 g/mol. The molecule has 1 aromatic heterocycles. The number of rotatable bonds is 2. The van der Waals surface area contributed by atoms with Gasteiger partial charge in [0.2, 0.25) is 0 Å². The van der Waals surface area contributed by atoms with Crippen LogP contribution in [0.1, 0.15) is 18.4 Å². The lowest BCUT2D eigenvalue weighted by Crippen LogP contribution is -2.27. The van der Waals surface area contributed by atoms with Gasteiger partial charge in [-0.05, 0) is 31.5 Å².